The minimum Gasteiger partial charge on any atom is -0.480 e. The zero-order valence-corrected chi connectivity index (χ0v) is 10.2. The van der Waals surface area contributed by atoms with Crippen molar-refractivity contribution in [2.45, 2.75) is 6.04 Å². The van der Waals surface area contributed by atoms with Gasteiger partial charge in [0.15, 0.2) is 11.7 Å². The van der Waals surface area contributed by atoms with Crippen LogP contribution in [-0.4, -0.2) is 44.5 Å². The Kier molecular flexibility index (Phi) is 3.48. The van der Waals surface area contributed by atoms with E-state index in [1.807, 2.05) is 6.07 Å². The van der Waals surface area contributed by atoms with Crippen molar-refractivity contribution in [3.05, 3.63) is 30.0 Å². The van der Waals surface area contributed by atoms with Gasteiger partial charge in [0, 0.05) is 12.4 Å². The van der Waals surface area contributed by atoms with Crippen LogP contribution in [-0.2, 0) is 11.8 Å². The van der Waals surface area contributed by atoms with E-state index in [-0.39, 0.29) is 5.69 Å². The summed E-state index contributed by atoms with van der Waals surface area (Å²) >= 11 is 0. The van der Waals surface area contributed by atoms with E-state index in [9.17, 15) is 9.59 Å². The number of carboxylic acids is 1. The number of aliphatic hydroxyl groups excluding tert-OH is 1. The zero-order valence-electron chi connectivity index (χ0n) is 10.2. The third-order valence-electron chi connectivity index (χ3n) is 2.76. The number of carbonyl (C=O) groups is 2. The van der Waals surface area contributed by atoms with Gasteiger partial charge in [0.05, 0.1) is 12.1 Å². The molecule has 0 saturated heterocycles. The lowest BCUT2D eigenvalue weighted by Gasteiger charge is -2.10. The molecule has 0 fully saturated rings. The standard InChI is InChI=1S/C12H13N3O4/c1-15-9-5-3-2-4-7(9)10(14-15)11(17)13-8(6-16)12(18)19/h2-5,8,16H,6H2,1H3,(H,13,17)(H,18,19)/t8-/m1/s1. The van der Waals surface area contributed by atoms with Gasteiger partial charge in [0.25, 0.3) is 5.91 Å². The van der Waals surface area contributed by atoms with E-state index in [2.05, 4.69) is 10.4 Å². The quantitative estimate of drug-likeness (QED) is 0.705. The van der Waals surface area contributed by atoms with E-state index in [1.54, 1.807) is 29.9 Å². The van der Waals surface area contributed by atoms with Crippen LogP contribution in [0.25, 0.3) is 10.9 Å². The van der Waals surface area contributed by atoms with Gasteiger partial charge >= 0.3 is 5.97 Å². The Labute approximate surface area is 108 Å². The number of aryl methyl sites for hydroxylation is 1. The highest BCUT2D eigenvalue weighted by Gasteiger charge is 2.22. The molecule has 0 unspecified atom stereocenters. The van der Waals surface area contributed by atoms with Crippen molar-refractivity contribution >= 4 is 22.8 Å². The monoisotopic (exact) mass is 263 g/mol. The lowest BCUT2D eigenvalue weighted by molar-refractivity contribution is -0.140. The Balaban J connectivity index is 2.34. The summed E-state index contributed by atoms with van der Waals surface area (Å²) < 4.78 is 1.54. The second-order valence-corrected chi connectivity index (χ2v) is 4.04. The molecule has 0 spiro atoms. The Morgan fingerprint density at radius 2 is 2.11 bits per heavy atom. The first kappa shape index (κ1) is 13.0. The van der Waals surface area contributed by atoms with E-state index in [1.165, 1.54) is 0 Å². The summed E-state index contributed by atoms with van der Waals surface area (Å²) in [6.07, 6.45) is 0. The number of carbonyl (C=O) groups excluding carboxylic acids is 1. The second-order valence-electron chi connectivity index (χ2n) is 4.04. The van der Waals surface area contributed by atoms with E-state index in [0.29, 0.717) is 5.39 Å². The largest absolute Gasteiger partial charge is 0.480 e. The highest BCUT2D eigenvalue weighted by Crippen LogP contribution is 2.17. The number of benzene rings is 1. The Morgan fingerprint density at radius 3 is 2.74 bits per heavy atom. The second kappa shape index (κ2) is 5.07. The van der Waals surface area contributed by atoms with Gasteiger partial charge in [-0.25, -0.2) is 4.79 Å². The van der Waals surface area contributed by atoms with Crippen LogP contribution in [0.15, 0.2) is 24.3 Å². The van der Waals surface area contributed by atoms with Crippen molar-refractivity contribution in [2.24, 2.45) is 7.05 Å². The highest BCUT2D eigenvalue weighted by molar-refractivity contribution is 6.05. The highest BCUT2D eigenvalue weighted by atomic mass is 16.4. The summed E-state index contributed by atoms with van der Waals surface area (Å²) in [5.41, 5.74) is 0.904. The maximum Gasteiger partial charge on any atom is 0.328 e. The van der Waals surface area contributed by atoms with Crippen LogP contribution in [0.3, 0.4) is 0 Å². The Hall–Kier alpha value is -2.41. The average Bonchev–Trinajstić information content (AvgIpc) is 2.73. The molecular formula is C12H13N3O4. The SMILES string of the molecule is Cn1nc(C(=O)N[C@H](CO)C(=O)O)c2ccccc21. The van der Waals surface area contributed by atoms with Gasteiger partial charge in [0.1, 0.15) is 0 Å². The van der Waals surface area contributed by atoms with Crippen LogP contribution in [0.5, 0.6) is 0 Å². The van der Waals surface area contributed by atoms with Gasteiger partial charge in [-0.2, -0.15) is 5.10 Å². The number of aromatic nitrogens is 2. The fraction of sp³-hybridized carbons (Fsp3) is 0.250. The molecule has 3 N–H and O–H groups in total. The van der Waals surface area contributed by atoms with Crippen LogP contribution >= 0.6 is 0 Å². The molecule has 0 aliphatic rings. The first-order chi connectivity index (χ1) is 9.04. The molecule has 1 amide bonds. The van der Waals surface area contributed by atoms with Crippen LogP contribution in [0.1, 0.15) is 10.5 Å². The number of nitrogens with zero attached hydrogens (tertiary/aromatic N) is 2. The molecule has 2 aromatic rings. The van der Waals surface area contributed by atoms with Crippen LogP contribution in [0.2, 0.25) is 0 Å². The molecular weight excluding hydrogens is 250 g/mol. The molecule has 1 heterocycles. The number of hydrogen-bond acceptors (Lipinski definition) is 4. The molecule has 7 nitrogen and oxygen atoms in total. The summed E-state index contributed by atoms with van der Waals surface area (Å²) in [7, 11) is 1.69. The van der Waals surface area contributed by atoms with Crippen molar-refractivity contribution in [1.29, 1.82) is 0 Å². The minimum absolute atomic E-state index is 0.137. The zero-order chi connectivity index (χ0) is 14.0. The number of aliphatic carboxylic acids is 1. The van der Waals surface area contributed by atoms with Crippen LogP contribution in [0.4, 0.5) is 0 Å². The maximum absolute atomic E-state index is 12.0. The smallest absolute Gasteiger partial charge is 0.328 e. The summed E-state index contributed by atoms with van der Waals surface area (Å²) in [4.78, 5) is 22.8. The molecule has 0 aliphatic carbocycles. The van der Waals surface area contributed by atoms with Gasteiger partial charge in [-0.05, 0) is 6.07 Å². The Bertz CT molecular complexity index is 635. The summed E-state index contributed by atoms with van der Waals surface area (Å²) in [6.45, 7) is -0.675. The van der Waals surface area contributed by atoms with Gasteiger partial charge in [0.2, 0.25) is 0 Å². The average molecular weight is 263 g/mol. The van der Waals surface area contributed by atoms with E-state index >= 15 is 0 Å². The molecule has 0 radical (unpaired) electrons. The minimum atomic E-state index is -1.34. The number of carboxylic acid groups (broad SMARTS) is 1. The molecule has 1 aromatic carbocycles. The van der Waals surface area contributed by atoms with E-state index in [4.69, 9.17) is 10.2 Å². The number of nitrogens with one attached hydrogen (secondary N) is 1. The van der Waals surface area contributed by atoms with Crippen LogP contribution in [0, 0.1) is 0 Å². The molecule has 7 heteroatoms. The lowest BCUT2D eigenvalue weighted by Crippen LogP contribution is -2.43. The molecule has 0 bridgehead atoms. The lowest BCUT2D eigenvalue weighted by atomic mass is 10.2. The summed E-state index contributed by atoms with van der Waals surface area (Å²) in [6, 6.07) is 5.78. The maximum atomic E-state index is 12.0. The van der Waals surface area contributed by atoms with Crippen molar-refractivity contribution in [2.75, 3.05) is 6.61 Å². The first-order valence-electron chi connectivity index (χ1n) is 5.61. The third kappa shape index (κ3) is 2.41. The Morgan fingerprint density at radius 1 is 1.42 bits per heavy atom. The molecule has 1 atom stereocenters. The van der Waals surface area contributed by atoms with Crippen molar-refractivity contribution < 1.29 is 19.8 Å². The molecule has 2 rings (SSSR count). The fourth-order valence-electron chi connectivity index (χ4n) is 1.79. The fourth-order valence-corrected chi connectivity index (χ4v) is 1.79. The first-order valence-corrected chi connectivity index (χ1v) is 5.61. The summed E-state index contributed by atoms with van der Waals surface area (Å²) in [5, 5.41) is 24.6. The molecule has 0 saturated carbocycles. The molecule has 1 aromatic heterocycles. The predicted molar refractivity (Wildman–Crippen MR) is 66.7 cm³/mol. The number of rotatable bonds is 4. The number of para-hydroxylation sites is 1. The summed E-state index contributed by atoms with van der Waals surface area (Å²) in [5.74, 6) is -1.92. The van der Waals surface area contributed by atoms with Crippen molar-refractivity contribution in [3.8, 4) is 0 Å². The van der Waals surface area contributed by atoms with Gasteiger partial charge in [-0.15, -0.1) is 0 Å². The van der Waals surface area contributed by atoms with Gasteiger partial charge in [-0.1, -0.05) is 18.2 Å². The van der Waals surface area contributed by atoms with Crippen molar-refractivity contribution in [3.63, 3.8) is 0 Å². The van der Waals surface area contributed by atoms with Crippen LogP contribution < -0.4 is 5.32 Å². The third-order valence-corrected chi connectivity index (χ3v) is 2.76. The normalized spacial score (nSPS) is 12.3. The molecule has 0 aliphatic heterocycles. The van der Waals surface area contributed by atoms with E-state index in [0.717, 1.165) is 5.52 Å². The van der Waals surface area contributed by atoms with Gasteiger partial charge < -0.3 is 15.5 Å². The number of fused-ring (bicyclic) bond motifs is 1. The number of aliphatic hydroxyl groups is 1. The number of hydrogen-bond donors (Lipinski definition) is 3. The molecule has 100 valence electrons. The van der Waals surface area contributed by atoms with E-state index < -0.39 is 24.5 Å². The van der Waals surface area contributed by atoms with Crippen molar-refractivity contribution in [1.82, 2.24) is 15.1 Å². The predicted octanol–water partition coefficient (Wildman–Crippen LogP) is -0.251. The molecule has 19 heavy (non-hydrogen) atoms. The topological polar surface area (TPSA) is 104 Å². The number of amides is 1. The van der Waals surface area contributed by atoms with Gasteiger partial charge in [-0.3, -0.25) is 9.48 Å².